The van der Waals surface area contributed by atoms with Crippen molar-refractivity contribution in [1.82, 2.24) is 20.6 Å². The minimum atomic E-state index is -1.39. The number of ether oxygens (including phenoxy) is 1. The van der Waals surface area contributed by atoms with E-state index in [9.17, 15) is 14.4 Å². The molecule has 0 aliphatic rings. The van der Waals surface area contributed by atoms with Crippen LogP contribution in [0.3, 0.4) is 0 Å². The van der Waals surface area contributed by atoms with Gasteiger partial charge in [-0.3, -0.25) is 9.59 Å². The molecule has 2 heterocycles. The summed E-state index contributed by atoms with van der Waals surface area (Å²) in [7, 11) is 0. The van der Waals surface area contributed by atoms with Crippen molar-refractivity contribution >= 4 is 35.2 Å². The highest BCUT2D eigenvalue weighted by Crippen LogP contribution is 2.40. The van der Waals surface area contributed by atoms with Gasteiger partial charge < -0.3 is 30.6 Å². The van der Waals surface area contributed by atoms with Crippen LogP contribution in [0.5, 0.6) is 5.75 Å². The number of hydrogen-bond donors (Lipinski definition) is 5. The number of aliphatic hydroxyl groups is 1. The summed E-state index contributed by atoms with van der Waals surface area (Å²) in [5.74, 6) is -1.66. The van der Waals surface area contributed by atoms with E-state index in [-0.39, 0.29) is 5.91 Å². The van der Waals surface area contributed by atoms with Crippen LogP contribution in [0.25, 0.3) is 38.5 Å². The number of nitrogens with zero attached hydrogens (tertiary/aromatic N) is 1. The van der Waals surface area contributed by atoms with Gasteiger partial charge in [0.25, 0.3) is 5.91 Å². The second-order valence-corrected chi connectivity index (χ2v) is 11.7. The summed E-state index contributed by atoms with van der Waals surface area (Å²) in [4.78, 5) is 44.4. The molecule has 0 saturated heterocycles. The highest BCUT2D eigenvalue weighted by Gasteiger charge is 2.19. The van der Waals surface area contributed by atoms with Gasteiger partial charge in [0.1, 0.15) is 16.8 Å². The van der Waals surface area contributed by atoms with Gasteiger partial charge in [0.2, 0.25) is 5.91 Å². The summed E-state index contributed by atoms with van der Waals surface area (Å²) in [6.45, 7) is 1.77. The fourth-order valence-electron chi connectivity index (χ4n) is 4.66. The predicted octanol–water partition coefficient (Wildman–Crippen LogP) is 5.90. The molecule has 2 aromatic heterocycles. The zero-order valence-electron chi connectivity index (χ0n) is 25.8. The van der Waals surface area contributed by atoms with E-state index in [0.717, 1.165) is 50.8 Å². The average molecular weight is 645 g/mol. The Kier molecular flexibility index (Phi) is 13.1. The van der Waals surface area contributed by atoms with Crippen LogP contribution in [0.2, 0.25) is 0 Å². The number of carbonyl (C=O) groups is 3. The summed E-state index contributed by atoms with van der Waals surface area (Å²) in [5, 5.41) is 24.1. The quantitative estimate of drug-likeness (QED) is 0.0667. The minimum Gasteiger partial charge on any atom is -0.484 e. The summed E-state index contributed by atoms with van der Waals surface area (Å²) in [6, 6.07) is 17.6. The molecule has 4 rings (SSSR count). The molecule has 2 aromatic carbocycles. The summed E-state index contributed by atoms with van der Waals surface area (Å²) >= 11 is 1.56. The van der Waals surface area contributed by atoms with Crippen molar-refractivity contribution < 1.29 is 29.3 Å². The molecule has 1 atom stereocenters. The Balaban J connectivity index is 1.42. The Hall–Kier alpha value is -4.74. The molecule has 0 aliphatic heterocycles. The van der Waals surface area contributed by atoms with Gasteiger partial charge in [0.05, 0.1) is 22.9 Å². The van der Waals surface area contributed by atoms with Gasteiger partial charge >= 0.3 is 5.97 Å². The van der Waals surface area contributed by atoms with Crippen molar-refractivity contribution in [3.05, 3.63) is 78.5 Å². The molecule has 11 heteroatoms. The molecule has 0 bridgehead atoms. The number of aromatic amines is 1. The highest BCUT2D eigenvalue weighted by atomic mass is 32.1. The molecule has 1 unspecified atom stereocenters. The van der Waals surface area contributed by atoms with Crippen LogP contribution in [0.1, 0.15) is 51.0 Å². The van der Waals surface area contributed by atoms with Crippen molar-refractivity contribution in [3.8, 4) is 38.1 Å². The Morgan fingerprint density at radius 3 is 2.37 bits per heavy atom. The molecule has 242 valence electrons. The number of amides is 2. The van der Waals surface area contributed by atoms with Crippen molar-refractivity contribution in [2.45, 2.75) is 51.5 Å². The fourth-order valence-corrected chi connectivity index (χ4v) is 5.74. The van der Waals surface area contributed by atoms with E-state index in [4.69, 9.17) is 19.9 Å². The van der Waals surface area contributed by atoms with Crippen molar-refractivity contribution in [1.29, 1.82) is 0 Å². The molecule has 0 aliphatic carbocycles. The predicted molar refractivity (Wildman–Crippen MR) is 180 cm³/mol. The number of hydrogen-bond acceptors (Lipinski definition) is 7. The van der Waals surface area contributed by atoms with E-state index >= 15 is 0 Å². The first-order valence-corrected chi connectivity index (χ1v) is 16.3. The first-order chi connectivity index (χ1) is 22.4. The third-order valence-corrected chi connectivity index (χ3v) is 8.34. The lowest BCUT2D eigenvalue weighted by molar-refractivity contribution is -0.143. The lowest BCUT2D eigenvalue weighted by Crippen LogP contribution is -2.45. The normalized spacial score (nSPS) is 11.8. The smallest absolute Gasteiger partial charge is 0.328 e. The summed E-state index contributed by atoms with van der Waals surface area (Å²) in [6.07, 6.45) is 12.3. The van der Waals surface area contributed by atoms with E-state index < -0.39 is 31.1 Å². The van der Waals surface area contributed by atoms with E-state index in [1.807, 2.05) is 60.8 Å². The van der Waals surface area contributed by atoms with Crippen LogP contribution in [0.4, 0.5) is 0 Å². The van der Waals surface area contributed by atoms with Crippen molar-refractivity contribution in [2.75, 3.05) is 19.8 Å². The molecule has 46 heavy (non-hydrogen) atoms. The Bertz CT molecular complexity index is 1580. The molecular weight excluding hydrogens is 604 g/mol. The zero-order valence-corrected chi connectivity index (χ0v) is 26.6. The Morgan fingerprint density at radius 1 is 0.978 bits per heavy atom. The number of carbonyl (C=O) groups excluding carboxylic acids is 2. The second kappa shape index (κ2) is 17.7. The molecule has 2 amide bonds. The van der Waals surface area contributed by atoms with Crippen LogP contribution in [-0.4, -0.2) is 63.8 Å². The van der Waals surface area contributed by atoms with Crippen LogP contribution in [-0.2, 0) is 14.4 Å². The molecular formula is C35H40N4O6S. The maximum Gasteiger partial charge on any atom is 0.328 e. The van der Waals surface area contributed by atoms with Crippen LogP contribution in [0.15, 0.2) is 72.9 Å². The van der Waals surface area contributed by atoms with E-state index in [0.29, 0.717) is 12.3 Å². The number of rotatable bonds is 18. The van der Waals surface area contributed by atoms with Gasteiger partial charge in [-0.2, -0.15) is 0 Å². The first-order valence-electron chi connectivity index (χ1n) is 15.4. The van der Waals surface area contributed by atoms with Crippen LogP contribution >= 0.6 is 11.3 Å². The molecule has 0 fully saturated rings. The lowest BCUT2D eigenvalue weighted by Gasteiger charge is -2.12. The molecule has 0 saturated carbocycles. The monoisotopic (exact) mass is 644 g/mol. The summed E-state index contributed by atoms with van der Waals surface area (Å²) < 4.78 is 5.52. The number of aromatic nitrogens is 2. The number of H-pyrrole nitrogens is 1. The van der Waals surface area contributed by atoms with Gasteiger partial charge in [0.15, 0.2) is 6.61 Å². The number of nitrogens with one attached hydrogen (secondary N) is 3. The largest absolute Gasteiger partial charge is 0.484 e. The SMILES string of the molecule is CCCCCCCCNC(=O)C=Cc1ccc(-c2sc(-c3ccc[nH]3)nc2-c2ccc(OCC(=O)NC(CO)C(=O)O)cc2)cc1. The van der Waals surface area contributed by atoms with Crippen LogP contribution in [0, 0.1) is 0 Å². The fraction of sp³-hybridized carbons (Fsp3) is 0.314. The maximum atomic E-state index is 12.3. The lowest BCUT2D eigenvalue weighted by atomic mass is 10.0. The maximum absolute atomic E-state index is 12.3. The Labute approximate surface area is 272 Å². The van der Waals surface area contributed by atoms with E-state index in [1.54, 1.807) is 29.5 Å². The highest BCUT2D eigenvalue weighted by molar-refractivity contribution is 7.18. The second-order valence-electron chi connectivity index (χ2n) is 10.7. The molecule has 0 radical (unpaired) electrons. The van der Waals surface area contributed by atoms with E-state index in [2.05, 4.69) is 22.5 Å². The van der Waals surface area contributed by atoms with Gasteiger partial charge in [-0.25, -0.2) is 9.78 Å². The summed E-state index contributed by atoms with van der Waals surface area (Å²) in [5.41, 5.74) is 4.41. The van der Waals surface area contributed by atoms with Crippen LogP contribution < -0.4 is 15.4 Å². The number of thiazole rings is 1. The zero-order chi connectivity index (χ0) is 32.7. The molecule has 5 N–H and O–H groups in total. The topological polar surface area (TPSA) is 154 Å². The van der Waals surface area contributed by atoms with Gasteiger partial charge in [-0.1, -0.05) is 63.3 Å². The minimum absolute atomic E-state index is 0.0966. The molecule has 0 spiro atoms. The van der Waals surface area contributed by atoms with Crippen molar-refractivity contribution in [3.63, 3.8) is 0 Å². The average Bonchev–Trinajstić information content (AvgIpc) is 3.76. The van der Waals surface area contributed by atoms with E-state index in [1.165, 1.54) is 25.7 Å². The number of aliphatic carboxylic acids is 1. The number of aliphatic hydroxyl groups excluding tert-OH is 1. The molecule has 10 nitrogen and oxygen atoms in total. The third-order valence-electron chi connectivity index (χ3n) is 7.20. The third kappa shape index (κ3) is 10.1. The standard InChI is InChI=1S/C35H40N4O6S/c1-2-3-4-5-6-7-20-37-30(41)19-12-24-10-13-26(14-11-24)33-32(39-34(46-33)28-9-8-21-36-28)25-15-17-27(18-16-25)45-23-31(42)38-29(22-40)35(43)44/h8-19,21,29,36,40H,2-7,20,22-23H2,1H3,(H,37,41)(H,38,42)(H,43,44). The number of benzene rings is 2. The number of unbranched alkanes of at least 4 members (excludes halogenated alkanes) is 5. The first kappa shape index (κ1) is 34.1. The van der Waals surface area contributed by atoms with Crippen molar-refractivity contribution in [2.24, 2.45) is 0 Å². The number of carboxylic acid groups (broad SMARTS) is 1. The molecule has 4 aromatic rings. The van der Waals surface area contributed by atoms with Gasteiger partial charge in [-0.05, 0) is 60.0 Å². The van der Waals surface area contributed by atoms with Gasteiger partial charge in [0, 0.05) is 24.4 Å². The Morgan fingerprint density at radius 2 is 1.70 bits per heavy atom. The van der Waals surface area contributed by atoms with Gasteiger partial charge in [-0.15, -0.1) is 11.3 Å². The number of carboxylic acids is 1.